The second kappa shape index (κ2) is 7.06. The van der Waals surface area contributed by atoms with Crippen LogP contribution in [0.4, 0.5) is 5.69 Å². The average Bonchev–Trinajstić information content (AvgIpc) is 3.22. The van der Waals surface area contributed by atoms with Gasteiger partial charge in [0.05, 0.1) is 10.9 Å². The van der Waals surface area contributed by atoms with Crippen molar-refractivity contribution in [2.75, 3.05) is 19.4 Å². The summed E-state index contributed by atoms with van der Waals surface area (Å²) in [5.41, 5.74) is 3.34. The first kappa shape index (κ1) is 19.0. The molecule has 0 saturated heterocycles. The summed E-state index contributed by atoms with van der Waals surface area (Å²) in [6.07, 6.45) is 11.7. The molecule has 1 aromatic heterocycles. The van der Waals surface area contributed by atoms with Gasteiger partial charge in [-0.2, -0.15) is 0 Å². The van der Waals surface area contributed by atoms with Gasteiger partial charge in [0.1, 0.15) is 6.33 Å². The molecule has 7 heteroatoms. The normalized spacial score (nSPS) is 30.9. The molecule has 6 nitrogen and oxygen atoms in total. The number of nitrogens with zero attached hydrogens (tertiary/aromatic N) is 3. The topological polar surface area (TPSA) is 75.2 Å². The van der Waals surface area contributed by atoms with Crippen LogP contribution in [0.15, 0.2) is 41.8 Å². The maximum atomic E-state index is 12.7. The molecule has 2 aliphatic carbocycles. The van der Waals surface area contributed by atoms with Crippen molar-refractivity contribution in [3.8, 4) is 0 Å². The van der Waals surface area contributed by atoms with Crippen LogP contribution in [-0.2, 0) is 10.0 Å². The van der Waals surface area contributed by atoms with Crippen LogP contribution >= 0.6 is 0 Å². The summed E-state index contributed by atoms with van der Waals surface area (Å²) in [6.45, 7) is 0. The summed E-state index contributed by atoms with van der Waals surface area (Å²) in [5.74, 6) is 2.29. The molecule has 0 amide bonds. The Labute approximate surface area is 172 Å². The Kier molecular flexibility index (Phi) is 4.62. The lowest BCUT2D eigenvalue weighted by molar-refractivity contribution is 0.129. The number of benzene rings is 1. The van der Waals surface area contributed by atoms with Crippen molar-refractivity contribution in [3.05, 3.63) is 48.0 Å². The molecule has 0 radical (unpaired) electrons. The van der Waals surface area contributed by atoms with E-state index in [1.54, 1.807) is 26.5 Å². The molecule has 5 unspecified atom stereocenters. The third-order valence-corrected chi connectivity index (χ3v) is 9.17. The van der Waals surface area contributed by atoms with Gasteiger partial charge in [-0.1, -0.05) is 12.8 Å². The van der Waals surface area contributed by atoms with Crippen LogP contribution < -0.4 is 5.32 Å². The summed E-state index contributed by atoms with van der Waals surface area (Å²) in [6, 6.07) is 5.76. The van der Waals surface area contributed by atoms with E-state index in [0.29, 0.717) is 22.6 Å². The molecule has 5 atom stereocenters. The first-order valence-electron chi connectivity index (χ1n) is 10.5. The number of fused-ring (bicyclic) bond motifs is 5. The smallest absolute Gasteiger partial charge is 0.242 e. The van der Waals surface area contributed by atoms with Crippen molar-refractivity contribution in [2.45, 2.75) is 49.0 Å². The Morgan fingerprint density at radius 3 is 2.62 bits per heavy atom. The van der Waals surface area contributed by atoms with Crippen LogP contribution in [0.3, 0.4) is 0 Å². The molecule has 154 valence electrons. The fourth-order valence-electron chi connectivity index (χ4n) is 6.05. The highest BCUT2D eigenvalue weighted by Crippen LogP contribution is 2.58. The molecule has 29 heavy (non-hydrogen) atoms. The van der Waals surface area contributed by atoms with Crippen LogP contribution in [0.5, 0.6) is 0 Å². The van der Waals surface area contributed by atoms with Crippen LogP contribution in [-0.4, -0.2) is 36.8 Å². The van der Waals surface area contributed by atoms with E-state index in [9.17, 15) is 8.42 Å². The Morgan fingerprint density at radius 2 is 1.86 bits per heavy atom. The second-order valence-corrected chi connectivity index (χ2v) is 11.1. The lowest BCUT2D eigenvalue weighted by Gasteiger charge is -2.49. The van der Waals surface area contributed by atoms with Gasteiger partial charge in [-0.05, 0) is 66.7 Å². The predicted octanol–water partition coefficient (Wildman–Crippen LogP) is 3.80. The van der Waals surface area contributed by atoms with Crippen molar-refractivity contribution in [1.82, 2.24) is 14.3 Å². The van der Waals surface area contributed by atoms with Crippen molar-refractivity contribution >= 4 is 15.7 Å². The van der Waals surface area contributed by atoms with Gasteiger partial charge in [0.25, 0.3) is 0 Å². The Morgan fingerprint density at radius 1 is 1.07 bits per heavy atom. The summed E-state index contributed by atoms with van der Waals surface area (Å²) < 4.78 is 26.8. The minimum atomic E-state index is -3.45. The number of sulfonamides is 1. The van der Waals surface area contributed by atoms with Crippen LogP contribution in [0.2, 0.25) is 0 Å². The van der Waals surface area contributed by atoms with E-state index in [-0.39, 0.29) is 6.04 Å². The molecule has 0 spiro atoms. The zero-order valence-electron chi connectivity index (χ0n) is 17.0. The predicted molar refractivity (Wildman–Crippen MR) is 112 cm³/mol. The molecule has 2 saturated carbocycles. The first-order valence-corrected chi connectivity index (χ1v) is 12.0. The van der Waals surface area contributed by atoms with E-state index >= 15 is 0 Å². The van der Waals surface area contributed by atoms with Crippen molar-refractivity contribution in [2.24, 2.45) is 17.8 Å². The van der Waals surface area contributed by atoms with Gasteiger partial charge < -0.3 is 5.32 Å². The minimum absolute atomic E-state index is 0.177. The SMILES string of the molecule is CN(C)S(=O)(=O)c1ccc2c(c1)C1CCC3CCCC3C1C(c1cncnc1)N2. The number of aromatic nitrogens is 2. The van der Waals surface area contributed by atoms with Gasteiger partial charge in [-0.3, -0.25) is 0 Å². The lowest BCUT2D eigenvalue weighted by atomic mass is 9.60. The molecule has 1 aromatic carbocycles. The number of nitrogens with one attached hydrogen (secondary N) is 1. The monoisotopic (exact) mass is 412 g/mol. The Balaban J connectivity index is 1.62. The molecule has 0 bridgehead atoms. The molecule has 1 N–H and O–H groups in total. The molecule has 5 rings (SSSR count). The number of hydrogen-bond donors (Lipinski definition) is 1. The van der Waals surface area contributed by atoms with E-state index in [1.165, 1.54) is 30.0 Å². The summed E-state index contributed by atoms with van der Waals surface area (Å²) in [5, 5.41) is 3.74. The third-order valence-electron chi connectivity index (χ3n) is 7.36. The highest BCUT2D eigenvalue weighted by Gasteiger charge is 2.49. The first-order chi connectivity index (χ1) is 14.0. The van der Waals surface area contributed by atoms with Crippen molar-refractivity contribution in [3.63, 3.8) is 0 Å². The fraction of sp³-hybridized carbons (Fsp3) is 0.545. The van der Waals surface area contributed by atoms with Crippen LogP contribution in [0.1, 0.15) is 55.2 Å². The largest absolute Gasteiger partial charge is 0.378 e. The summed E-state index contributed by atoms with van der Waals surface area (Å²) in [7, 11) is -0.269. The Hall–Kier alpha value is -1.99. The molecular weight excluding hydrogens is 384 g/mol. The van der Waals surface area contributed by atoms with Gasteiger partial charge in [-0.15, -0.1) is 0 Å². The minimum Gasteiger partial charge on any atom is -0.378 e. The molecule has 2 heterocycles. The van der Waals surface area contributed by atoms with E-state index in [2.05, 4.69) is 15.3 Å². The summed E-state index contributed by atoms with van der Waals surface area (Å²) >= 11 is 0. The van der Waals surface area contributed by atoms with Crippen molar-refractivity contribution in [1.29, 1.82) is 0 Å². The van der Waals surface area contributed by atoms with E-state index < -0.39 is 10.0 Å². The molecular formula is C22H28N4O2S. The number of rotatable bonds is 3. The van der Waals surface area contributed by atoms with Gasteiger partial charge >= 0.3 is 0 Å². The molecule has 2 fully saturated rings. The third kappa shape index (κ3) is 3.06. The number of hydrogen-bond acceptors (Lipinski definition) is 5. The van der Waals surface area contributed by atoms with Crippen molar-refractivity contribution < 1.29 is 8.42 Å². The molecule has 3 aliphatic rings. The Bertz CT molecular complexity index is 1010. The second-order valence-electron chi connectivity index (χ2n) is 8.95. The van der Waals surface area contributed by atoms with Crippen LogP contribution in [0, 0.1) is 17.8 Å². The zero-order chi connectivity index (χ0) is 20.2. The highest BCUT2D eigenvalue weighted by molar-refractivity contribution is 7.89. The van der Waals surface area contributed by atoms with E-state index in [1.807, 2.05) is 24.5 Å². The number of anilines is 1. The van der Waals surface area contributed by atoms with Crippen LogP contribution in [0.25, 0.3) is 0 Å². The quantitative estimate of drug-likeness (QED) is 0.830. The molecule has 2 aromatic rings. The van der Waals surface area contributed by atoms with E-state index in [4.69, 9.17) is 0 Å². The van der Waals surface area contributed by atoms with Gasteiger partial charge in [-0.25, -0.2) is 22.7 Å². The highest BCUT2D eigenvalue weighted by atomic mass is 32.2. The maximum Gasteiger partial charge on any atom is 0.242 e. The van der Waals surface area contributed by atoms with Gasteiger partial charge in [0.2, 0.25) is 10.0 Å². The van der Waals surface area contributed by atoms with Gasteiger partial charge in [0, 0.05) is 37.7 Å². The average molecular weight is 413 g/mol. The molecule has 1 aliphatic heterocycles. The summed E-state index contributed by atoms with van der Waals surface area (Å²) in [4.78, 5) is 8.92. The lowest BCUT2D eigenvalue weighted by Crippen LogP contribution is -2.41. The fourth-order valence-corrected chi connectivity index (χ4v) is 6.99. The maximum absolute atomic E-state index is 12.7. The van der Waals surface area contributed by atoms with E-state index in [0.717, 1.165) is 29.2 Å². The standard InChI is InChI=1S/C22H28N4O2S/c1-26(2)29(27,28)16-7-9-20-19(10-16)18-8-6-14-4-3-5-17(14)21(18)22(25-20)15-11-23-13-24-12-15/h7,9-14,17-18,21-22,25H,3-6,8H2,1-2H3. The van der Waals surface area contributed by atoms with Gasteiger partial charge in [0.15, 0.2) is 0 Å². The zero-order valence-corrected chi connectivity index (χ0v) is 17.8.